The molecular weight excluding hydrogens is 215 g/mol. The number of hydrogen-bond donors (Lipinski definition) is 1. The number of hydrogen-bond acceptors (Lipinski definition) is 1. The van der Waals surface area contributed by atoms with E-state index in [0.29, 0.717) is 15.9 Å². The lowest BCUT2D eigenvalue weighted by Gasteiger charge is -2.02. The summed E-state index contributed by atoms with van der Waals surface area (Å²) in [5.74, 6) is -0.396. The average molecular weight is 229 g/mol. The SMILES string of the molecule is CC.Cc1c(Cl)cc2n[nH]c(F)c2c1C. The van der Waals surface area contributed by atoms with Crippen molar-refractivity contribution in [2.24, 2.45) is 0 Å². The zero-order valence-corrected chi connectivity index (χ0v) is 10.0. The van der Waals surface area contributed by atoms with Crippen LogP contribution in [-0.2, 0) is 0 Å². The average Bonchev–Trinajstić information content (AvgIpc) is 2.60. The van der Waals surface area contributed by atoms with Gasteiger partial charge in [0.15, 0.2) is 0 Å². The van der Waals surface area contributed by atoms with Gasteiger partial charge in [0.1, 0.15) is 0 Å². The van der Waals surface area contributed by atoms with E-state index in [1.54, 1.807) is 6.07 Å². The van der Waals surface area contributed by atoms with E-state index in [-0.39, 0.29) is 0 Å². The van der Waals surface area contributed by atoms with Gasteiger partial charge >= 0.3 is 0 Å². The largest absolute Gasteiger partial charge is 0.252 e. The molecule has 2 rings (SSSR count). The molecule has 1 heterocycles. The Hall–Kier alpha value is -1.09. The van der Waals surface area contributed by atoms with Crippen LogP contribution >= 0.6 is 11.6 Å². The summed E-state index contributed by atoms with van der Waals surface area (Å²) in [6, 6.07) is 1.67. The Bertz CT molecular complexity index is 477. The first kappa shape index (κ1) is 12.0. The van der Waals surface area contributed by atoms with Crippen molar-refractivity contribution in [1.82, 2.24) is 10.2 Å². The van der Waals surface area contributed by atoms with Crippen LogP contribution in [0.4, 0.5) is 4.39 Å². The third-order valence-corrected chi connectivity index (χ3v) is 2.70. The number of H-pyrrole nitrogens is 1. The standard InChI is InChI=1S/C9H8ClFN2.C2H6/c1-4-5(2)8-7(3-6(4)10)12-13-9(8)11;1-2/h3H,1-2H3,(H,12,13);1-2H3. The minimum absolute atomic E-state index is 0.396. The highest BCUT2D eigenvalue weighted by atomic mass is 35.5. The highest BCUT2D eigenvalue weighted by Gasteiger charge is 2.11. The Kier molecular flexibility index (Phi) is 3.69. The first-order valence-corrected chi connectivity index (χ1v) is 5.28. The molecule has 1 N–H and O–H groups in total. The number of aromatic amines is 1. The van der Waals surface area contributed by atoms with Crippen LogP contribution in [0.25, 0.3) is 10.9 Å². The van der Waals surface area contributed by atoms with Crippen LogP contribution in [0.1, 0.15) is 25.0 Å². The van der Waals surface area contributed by atoms with Gasteiger partial charge in [0.25, 0.3) is 0 Å². The summed E-state index contributed by atoms with van der Waals surface area (Å²) in [6.45, 7) is 7.70. The predicted molar refractivity (Wildman–Crippen MR) is 61.9 cm³/mol. The molecule has 0 aliphatic carbocycles. The second-order valence-electron chi connectivity index (χ2n) is 3.04. The summed E-state index contributed by atoms with van der Waals surface area (Å²) in [6.07, 6.45) is 0. The van der Waals surface area contributed by atoms with Gasteiger partial charge in [-0.2, -0.15) is 9.49 Å². The molecule has 0 aliphatic rings. The molecule has 0 bridgehead atoms. The predicted octanol–water partition coefficient (Wildman–Crippen LogP) is 4.00. The number of nitrogens with one attached hydrogen (secondary N) is 1. The monoisotopic (exact) mass is 228 g/mol. The first-order chi connectivity index (χ1) is 7.11. The molecule has 0 spiro atoms. The number of halogens is 2. The van der Waals surface area contributed by atoms with Crippen molar-refractivity contribution in [2.75, 3.05) is 0 Å². The Morgan fingerprint density at radius 2 is 1.87 bits per heavy atom. The molecule has 2 nitrogen and oxygen atoms in total. The summed E-state index contributed by atoms with van der Waals surface area (Å²) < 4.78 is 13.2. The number of aromatic nitrogens is 2. The van der Waals surface area contributed by atoms with Crippen LogP contribution in [0.2, 0.25) is 5.02 Å². The highest BCUT2D eigenvalue weighted by Crippen LogP contribution is 2.28. The Morgan fingerprint density at radius 1 is 1.27 bits per heavy atom. The molecule has 1 aromatic heterocycles. The molecule has 4 heteroatoms. The Morgan fingerprint density at radius 3 is 2.47 bits per heavy atom. The van der Waals surface area contributed by atoms with E-state index in [9.17, 15) is 4.39 Å². The number of benzene rings is 1. The fourth-order valence-corrected chi connectivity index (χ4v) is 1.63. The second-order valence-corrected chi connectivity index (χ2v) is 3.45. The Labute approximate surface area is 93.4 Å². The van der Waals surface area contributed by atoms with Crippen molar-refractivity contribution in [3.63, 3.8) is 0 Å². The van der Waals surface area contributed by atoms with Gasteiger partial charge in [0.05, 0.1) is 10.9 Å². The van der Waals surface area contributed by atoms with Crippen molar-refractivity contribution < 1.29 is 4.39 Å². The lowest BCUT2D eigenvalue weighted by molar-refractivity contribution is 0.587. The van der Waals surface area contributed by atoms with Crippen molar-refractivity contribution >= 4 is 22.5 Å². The fourth-order valence-electron chi connectivity index (χ4n) is 1.39. The summed E-state index contributed by atoms with van der Waals surface area (Å²) >= 11 is 5.93. The van der Waals surface area contributed by atoms with Crippen LogP contribution in [0.5, 0.6) is 0 Å². The molecule has 82 valence electrons. The van der Waals surface area contributed by atoms with Gasteiger partial charge in [-0.05, 0) is 31.0 Å². The summed E-state index contributed by atoms with van der Waals surface area (Å²) in [5.41, 5.74) is 2.31. The minimum Gasteiger partial charge on any atom is -0.252 e. The van der Waals surface area contributed by atoms with Crippen LogP contribution in [0, 0.1) is 19.8 Å². The highest BCUT2D eigenvalue weighted by molar-refractivity contribution is 6.32. The van der Waals surface area contributed by atoms with Gasteiger partial charge in [-0.25, -0.2) is 0 Å². The number of aryl methyl sites for hydroxylation is 1. The molecule has 0 unspecified atom stereocenters. The third kappa shape index (κ3) is 1.97. The normalized spacial score (nSPS) is 10.0. The molecule has 0 amide bonds. The van der Waals surface area contributed by atoms with Gasteiger partial charge in [-0.3, -0.25) is 5.10 Å². The maximum Gasteiger partial charge on any atom is 0.217 e. The summed E-state index contributed by atoms with van der Waals surface area (Å²) in [4.78, 5) is 0. The van der Waals surface area contributed by atoms with E-state index < -0.39 is 5.95 Å². The third-order valence-electron chi connectivity index (χ3n) is 2.31. The van der Waals surface area contributed by atoms with Gasteiger partial charge in [-0.15, -0.1) is 0 Å². The molecule has 0 saturated heterocycles. The first-order valence-electron chi connectivity index (χ1n) is 4.90. The number of fused-ring (bicyclic) bond motifs is 1. The molecule has 1 aromatic carbocycles. The lowest BCUT2D eigenvalue weighted by atomic mass is 10.1. The maximum absolute atomic E-state index is 13.2. The number of rotatable bonds is 0. The molecule has 2 aromatic rings. The van der Waals surface area contributed by atoms with E-state index in [1.165, 1.54) is 0 Å². The second kappa shape index (κ2) is 4.62. The van der Waals surface area contributed by atoms with Crippen LogP contribution in [-0.4, -0.2) is 10.2 Å². The van der Waals surface area contributed by atoms with Gasteiger partial charge < -0.3 is 0 Å². The van der Waals surface area contributed by atoms with E-state index in [2.05, 4.69) is 10.2 Å². The molecule has 0 saturated carbocycles. The molecule has 0 aliphatic heterocycles. The zero-order chi connectivity index (χ0) is 11.6. The Balaban J connectivity index is 0.000000531. The summed E-state index contributed by atoms with van der Waals surface area (Å²) in [5, 5.41) is 7.24. The van der Waals surface area contributed by atoms with Crippen molar-refractivity contribution in [3.8, 4) is 0 Å². The molecule has 0 atom stereocenters. The van der Waals surface area contributed by atoms with Crippen LogP contribution in [0.15, 0.2) is 6.07 Å². The molecule has 0 radical (unpaired) electrons. The quantitative estimate of drug-likeness (QED) is 0.726. The molecule has 15 heavy (non-hydrogen) atoms. The molecule has 0 fully saturated rings. The lowest BCUT2D eigenvalue weighted by Crippen LogP contribution is -1.85. The van der Waals surface area contributed by atoms with Gasteiger partial charge in [0, 0.05) is 5.02 Å². The van der Waals surface area contributed by atoms with Crippen molar-refractivity contribution in [2.45, 2.75) is 27.7 Å². The van der Waals surface area contributed by atoms with E-state index >= 15 is 0 Å². The minimum atomic E-state index is -0.396. The van der Waals surface area contributed by atoms with Crippen molar-refractivity contribution in [1.29, 1.82) is 0 Å². The van der Waals surface area contributed by atoms with Crippen LogP contribution < -0.4 is 0 Å². The van der Waals surface area contributed by atoms with Crippen LogP contribution in [0.3, 0.4) is 0 Å². The maximum atomic E-state index is 13.2. The smallest absolute Gasteiger partial charge is 0.217 e. The topological polar surface area (TPSA) is 28.7 Å². The van der Waals surface area contributed by atoms with Gasteiger partial charge in [-0.1, -0.05) is 25.4 Å². The number of nitrogens with zero attached hydrogens (tertiary/aromatic N) is 1. The van der Waals surface area contributed by atoms with Gasteiger partial charge in [0.2, 0.25) is 5.95 Å². The molecular formula is C11H14ClFN2. The summed E-state index contributed by atoms with van der Waals surface area (Å²) in [7, 11) is 0. The fraction of sp³-hybridized carbons (Fsp3) is 0.364. The van der Waals surface area contributed by atoms with E-state index in [1.807, 2.05) is 27.7 Å². The zero-order valence-electron chi connectivity index (χ0n) is 9.28. The van der Waals surface area contributed by atoms with E-state index in [4.69, 9.17) is 11.6 Å². The van der Waals surface area contributed by atoms with E-state index in [0.717, 1.165) is 11.1 Å². The van der Waals surface area contributed by atoms with Crippen molar-refractivity contribution in [3.05, 3.63) is 28.2 Å².